The van der Waals surface area contributed by atoms with Gasteiger partial charge in [0.2, 0.25) is 0 Å². The predicted molar refractivity (Wildman–Crippen MR) is 133 cm³/mol. The van der Waals surface area contributed by atoms with E-state index in [4.69, 9.17) is 21.4 Å². The van der Waals surface area contributed by atoms with E-state index in [9.17, 15) is 4.79 Å². The lowest BCUT2D eigenvalue weighted by Crippen LogP contribution is -2.09. The molecule has 6 heteroatoms. The molecule has 4 rings (SSSR count). The van der Waals surface area contributed by atoms with E-state index >= 15 is 0 Å². The number of benzene rings is 3. The summed E-state index contributed by atoms with van der Waals surface area (Å²) in [7, 11) is 0. The molecule has 0 aliphatic rings. The first-order valence-electron chi connectivity index (χ1n) is 10.6. The minimum absolute atomic E-state index is 0.258. The highest BCUT2D eigenvalue weighted by molar-refractivity contribution is 6.31. The number of nitrogens with one attached hydrogen (secondary N) is 1. The Morgan fingerprint density at radius 2 is 1.79 bits per heavy atom. The largest absolute Gasteiger partial charge is 0.493 e. The standard InChI is InChI=1S/C27H23ClN2O3/c28-26-24(8-4-15-29-26)30-18-20(17-19-10-12-22(13-11-19)27(31)32)14-16-33-25-9-3-6-21-5-1-2-7-23(21)25/h1-13,15,17,30H,14,16,18H2,(H,31,32). The van der Waals surface area contributed by atoms with E-state index < -0.39 is 5.97 Å². The van der Waals surface area contributed by atoms with Gasteiger partial charge >= 0.3 is 5.97 Å². The van der Waals surface area contributed by atoms with Crippen LogP contribution in [-0.2, 0) is 0 Å². The third-order valence-corrected chi connectivity index (χ3v) is 5.52. The van der Waals surface area contributed by atoms with Gasteiger partial charge in [-0.1, -0.05) is 66.2 Å². The summed E-state index contributed by atoms with van der Waals surface area (Å²) in [6.45, 7) is 1.04. The van der Waals surface area contributed by atoms with Gasteiger partial charge in [-0.25, -0.2) is 9.78 Å². The molecule has 2 N–H and O–H groups in total. The lowest BCUT2D eigenvalue weighted by molar-refractivity contribution is 0.0697. The lowest BCUT2D eigenvalue weighted by Gasteiger charge is -2.14. The summed E-state index contributed by atoms with van der Waals surface area (Å²) in [5, 5.41) is 15.1. The molecule has 0 radical (unpaired) electrons. The molecule has 0 unspecified atom stereocenters. The quantitative estimate of drug-likeness (QED) is 0.278. The number of carboxylic acids is 1. The minimum Gasteiger partial charge on any atom is -0.493 e. The zero-order valence-electron chi connectivity index (χ0n) is 17.9. The highest BCUT2D eigenvalue weighted by Crippen LogP contribution is 2.26. The molecule has 3 aromatic carbocycles. The van der Waals surface area contributed by atoms with Gasteiger partial charge in [0.15, 0.2) is 5.15 Å². The molecule has 0 amide bonds. The van der Waals surface area contributed by atoms with Crippen molar-refractivity contribution >= 4 is 40.1 Å². The Morgan fingerprint density at radius 3 is 2.58 bits per heavy atom. The second-order valence-electron chi connectivity index (χ2n) is 7.50. The summed E-state index contributed by atoms with van der Waals surface area (Å²) in [4.78, 5) is 15.2. The number of fused-ring (bicyclic) bond motifs is 1. The number of aromatic nitrogens is 1. The van der Waals surface area contributed by atoms with Crippen molar-refractivity contribution in [3.63, 3.8) is 0 Å². The molecule has 166 valence electrons. The maximum Gasteiger partial charge on any atom is 0.335 e. The number of nitrogens with zero attached hydrogens (tertiary/aromatic N) is 1. The third-order valence-electron chi connectivity index (χ3n) is 5.22. The second kappa shape index (κ2) is 10.7. The predicted octanol–water partition coefficient (Wildman–Crippen LogP) is 6.55. The highest BCUT2D eigenvalue weighted by Gasteiger charge is 2.07. The monoisotopic (exact) mass is 458 g/mol. The number of hydrogen-bond donors (Lipinski definition) is 2. The van der Waals surface area contributed by atoms with E-state index in [1.54, 1.807) is 30.5 Å². The maximum atomic E-state index is 11.1. The molecular weight excluding hydrogens is 436 g/mol. The van der Waals surface area contributed by atoms with Gasteiger partial charge in [0.25, 0.3) is 0 Å². The van der Waals surface area contributed by atoms with E-state index in [0.29, 0.717) is 24.7 Å². The van der Waals surface area contributed by atoms with Gasteiger partial charge in [0, 0.05) is 24.5 Å². The summed E-state index contributed by atoms with van der Waals surface area (Å²) in [6.07, 6.45) is 4.36. The summed E-state index contributed by atoms with van der Waals surface area (Å²) in [5.41, 5.74) is 3.01. The number of anilines is 1. The van der Waals surface area contributed by atoms with Crippen LogP contribution in [0, 0.1) is 0 Å². The van der Waals surface area contributed by atoms with Crippen LogP contribution in [0.15, 0.2) is 90.6 Å². The van der Waals surface area contributed by atoms with Gasteiger partial charge < -0.3 is 15.2 Å². The first-order valence-corrected chi connectivity index (χ1v) is 11.0. The molecular formula is C27H23ClN2O3. The van der Waals surface area contributed by atoms with Gasteiger partial charge in [0.05, 0.1) is 17.9 Å². The summed E-state index contributed by atoms with van der Waals surface area (Å²) in [6, 6.07) is 24.7. The Bertz CT molecular complexity index is 1280. The van der Waals surface area contributed by atoms with Crippen LogP contribution in [0.3, 0.4) is 0 Å². The number of hydrogen-bond acceptors (Lipinski definition) is 4. The molecule has 0 saturated carbocycles. The molecule has 0 spiro atoms. The molecule has 5 nitrogen and oxygen atoms in total. The van der Waals surface area contributed by atoms with Crippen LogP contribution in [0.4, 0.5) is 5.69 Å². The number of aromatic carboxylic acids is 1. The fourth-order valence-corrected chi connectivity index (χ4v) is 3.70. The van der Waals surface area contributed by atoms with Gasteiger partial charge in [-0.05, 0) is 46.9 Å². The molecule has 0 atom stereocenters. The van der Waals surface area contributed by atoms with Crippen molar-refractivity contribution < 1.29 is 14.6 Å². The Kier molecular flexibility index (Phi) is 7.22. The van der Waals surface area contributed by atoms with Gasteiger partial charge in [-0.3, -0.25) is 0 Å². The van der Waals surface area contributed by atoms with Gasteiger partial charge in [0.1, 0.15) is 5.75 Å². The average molecular weight is 459 g/mol. The van der Waals surface area contributed by atoms with Crippen molar-refractivity contribution in [3.05, 3.63) is 107 Å². The third kappa shape index (κ3) is 5.90. The van der Waals surface area contributed by atoms with Crippen molar-refractivity contribution in [2.75, 3.05) is 18.5 Å². The number of halogens is 1. The first-order chi connectivity index (χ1) is 16.1. The van der Waals surface area contributed by atoms with Crippen molar-refractivity contribution in [3.8, 4) is 5.75 Å². The summed E-state index contributed by atoms with van der Waals surface area (Å²) < 4.78 is 6.13. The SMILES string of the molecule is O=C(O)c1ccc(C=C(CCOc2cccc3ccccc23)CNc2cccnc2Cl)cc1. The first kappa shape index (κ1) is 22.4. The number of carbonyl (C=O) groups is 1. The molecule has 0 aliphatic carbocycles. The maximum absolute atomic E-state index is 11.1. The van der Waals surface area contributed by atoms with Crippen LogP contribution in [0.25, 0.3) is 16.8 Å². The Hall–Kier alpha value is -3.83. The van der Waals surface area contributed by atoms with E-state index in [-0.39, 0.29) is 5.56 Å². The van der Waals surface area contributed by atoms with Crippen LogP contribution in [-0.4, -0.2) is 29.2 Å². The normalized spacial score (nSPS) is 11.4. The molecule has 0 bridgehead atoms. The average Bonchev–Trinajstić information content (AvgIpc) is 2.84. The van der Waals surface area contributed by atoms with E-state index in [1.165, 1.54) is 0 Å². The van der Waals surface area contributed by atoms with E-state index in [1.807, 2.05) is 42.5 Å². The molecule has 0 fully saturated rings. The van der Waals surface area contributed by atoms with Crippen LogP contribution in [0.1, 0.15) is 22.3 Å². The Labute approximate surface area is 197 Å². The molecule has 4 aromatic rings. The zero-order chi connectivity index (χ0) is 23.0. The van der Waals surface area contributed by atoms with Crippen LogP contribution >= 0.6 is 11.6 Å². The highest BCUT2D eigenvalue weighted by atomic mass is 35.5. The number of ether oxygens (including phenoxy) is 1. The van der Waals surface area contributed by atoms with E-state index in [2.05, 4.69) is 28.5 Å². The second-order valence-corrected chi connectivity index (χ2v) is 7.86. The lowest BCUT2D eigenvalue weighted by atomic mass is 10.1. The molecule has 1 heterocycles. The van der Waals surface area contributed by atoms with Gasteiger partial charge in [-0.2, -0.15) is 0 Å². The van der Waals surface area contributed by atoms with Gasteiger partial charge in [-0.15, -0.1) is 0 Å². The number of pyridine rings is 1. The molecule has 0 aliphatic heterocycles. The number of carboxylic acid groups (broad SMARTS) is 1. The van der Waals surface area contributed by atoms with Crippen LogP contribution in [0.2, 0.25) is 5.15 Å². The van der Waals surface area contributed by atoms with Crippen LogP contribution < -0.4 is 10.1 Å². The van der Waals surface area contributed by atoms with Crippen molar-refractivity contribution in [2.24, 2.45) is 0 Å². The minimum atomic E-state index is -0.942. The fraction of sp³-hybridized carbons (Fsp3) is 0.111. The number of rotatable bonds is 9. The fourth-order valence-electron chi connectivity index (χ4n) is 3.51. The Balaban J connectivity index is 1.50. The zero-order valence-corrected chi connectivity index (χ0v) is 18.6. The molecule has 1 aromatic heterocycles. The Morgan fingerprint density at radius 1 is 1.00 bits per heavy atom. The molecule has 33 heavy (non-hydrogen) atoms. The van der Waals surface area contributed by atoms with Crippen molar-refractivity contribution in [1.82, 2.24) is 4.98 Å². The smallest absolute Gasteiger partial charge is 0.335 e. The molecule has 0 saturated heterocycles. The van der Waals surface area contributed by atoms with Crippen LogP contribution in [0.5, 0.6) is 5.75 Å². The topological polar surface area (TPSA) is 71.5 Å². The van der Waals surface area contributed by atoms with Crippen molar-refractivity contribution in [1.29, 1.82) is 0 Å². The van der Waals surface area contributed by atoms with Crippen molar-refractivity contribution in [2.45, 2.75) is 6.42 Å². The summed E-state index contributed by atoms with van der Waals surface area (Å²) in [5.74, 6) is -0.0938. The summed E-state index contributed by atoms with van der Waals surface area (Å²) >= 11 is 6.18. The van der Waals surface area contributed by atoms with E-state index in [0.717, 1.165) is 33.3 Å².